The molecule has 15 heavy (non-hydrogen) atoms. The maximum absolute atomic E-state index is 10.2. The summed E-state index contributed by atoms with van der Waals surface area (Å²) < 4.78 is 0. The van der Waals surface area contributed by atoms with Gasteiger partial charge in [0.25, 0.3) is 0 Å². The van der Waals surface area contributed by atoms with Crippen LogP contribution in [0.15, 0.2) is 18.3 Å². The number of rotatable bonds is 2. The van der Waals surface area contributed by atoms with Gasteiger partial charge in [-0.25, -0.2) is 0 Å². The van der Waals surface area contributed by atoms with Crippen LogP contribution in [-0.4, -0.2) is 10.1 Å². The van der Waals surface area contributed by atoms with Crippen LogP contribution >= 0.6 is 0 Å². The molecule has 0 radical (unpaired) electrons. The van der Waals surface area contributed by atoms with Gasteiger partial charge in [-0.15, -0.1) is 0 Å². The molecule has 2 N–H and O–H groups in total. The Bertz CT molecular complexity index is 260. The fourth-order valence-corrected chi connectivity index (χ4v) is 2.59. The van der Waals surface area contributed by atoms with Crippen molar-refractivity contribution in [2.75, 3.05) is 0 Å². The van der Waals surface area contributed by atoms with E-state index in [1.807, 2.05) is 18.3 Å². The third-order valence-electron chi connectivity index (χ3n) is 3.54. The molecular weight excluding hydrogens is 186 g/mol. The lowest BCUT2D eigenvalue weighted by atomic mass is 9.86. The Morgan fingerprint density at radius 3 is 2.40 bits per heavy atom. The summed E-state index contributed by atoms with van der Waals surface area (Å²) >= 11 is 0. The summed E-state index contributed by atoms with van der Waals surface area (Å²) in [6.07, 6.45) is 10.6. The van der Waals surface area contributed by atoms with E-state index in [2.05, 4.69) is 4.98 Å². The van der Waals surface area contributed by atoms with Crippen molar-refractivity contribution in [2.24, 2.45) is 5.92 Å². The van der Waals surface area contributed by atoms with E-state index in [9.17, 15) is 5.11 Å². The van der Waals surface area contributed by atoms with E-state index in [0.717, 1.165) is 5.69 Å². The van der Waals surface area contributed by atoms with Gasteiger partial charge in [0.05, 0.1) is 6.10 Å². The predicted octanol–water partition coefficient (Wildman–Crippen LogP) is 3.41. The van der Waals surface area contributed by atoms with Crippen LogP contribution < -0.4 is 0 Å². The van der Waals surface area contributed by atoms with Crippen molar-refractivity contribution in [2.45, 2.75) is 51.0 Å². The van der Waals surface area contributed by atoms with Crippen LogP contribution in [0.4, 0.5) is 0 Å². The molecule has 2 heteroatoms. The highest BCUT2D eigenvalue weighted by Gasteiger charge is 2.21. The van der Waals surface area contributed by atoms with Crippen molar-refractivity contribution in [3.63, 3.8) is 0 Å². The number of hydrogen-bond acceptors (Lipinski definition) is 1. The standard InChI is InChI=1S/C13H21NO/c15-13(12-9-6-10-14-12)11-7-4-2-1-3-5-8-11/h6,9-11,13-15H,1-5,7-8H2. The number of aromatic nitrogens is 1. The van der Waals surface area contributed by atoms with Gasteiger partial charge in [0.15, 0.2) is 0 Å². The molecule has 0 aromatic carbocycles. The van der Waals surface area contributed by atoms with Crippen LogP contribution in [0.5, 0.6) is 0 Å². The van der Waals surface area contributed by atoms with E-state index in [4.69, 9.17) is 0 Å². The van der Waals surface area contributed by atoms with E-state index in [0.29, 0.717) is 5.92 Å². The first-order valence-electron chi connectivity index (χ1n) is 6.19. The number of nitrogens with one attached hydrogen (secondary N) is 1. The molecule has 1 heterocycles. The molecule has 84 valence electrons. The first-order chi connectivity index (χ1) is 7.38. The van der Waals surface area contributed by atoms with E-state index in [1.54, 1.807) is 0 Å². The highest BCUT2D eigenvalue weighted by atomic mass is 16.3. The maximum Gasteiger partial charge on any atom is 0.0965 e. The van der Waals surface area contributed by atoms with Crippen LogP contribution in [0.3, 0.4) is 0 Å². The fourth-order valence-electron chi connectivity index (χ4n) is 2.59. The molecule has 2 rings (SSSR count). The number of aliphatic hydroxyl groups excluding tert-OH is 1. The summed E-state index contributed by atoms with van der Waals surface area (Å²) in [5.41, 5.74) is 0.987. The number of aromatic amines is 1. The molecule has 0 spiro atoms. The lowest BCUT2D eigenvalue weighted by Gasteiger charge is -2.24. The van der Waals surface area contributed by atoms with E-state index < -0.39 is 0 Å². The SMILES string of the molecule is OC(c1ccc[nH]1)C1CCCCCCC1. The molecule has 0 saturated heterocycles. The second kappa shape index (κ2) is 5.36. The van der Waals surface area contributed by atoms with Gasteiger partial charge in [0, 0.05) is 11.9 Å². The quantitative estimate of drug-likeness (QED) is 0.766. The van der Waals surface area contributed by atoms with Crippen LogP contribution in [-0.2, 0) is 0 Å². The molecule has 1 unspecified atom stereocenters. The minimum atomic E-state index is -0.280. The molecule has 2 nitrogen and oxygen atoms in total. The molecule has 1 fully saturated rings. The summed E-state index contributed by atoms with van der Waals surface area (Å²) in [6.45, 7) is 0. The molecule has 1 aliphatic carbocycles. The van der Waals surface area contributed by atoms with Crippen molar-refractivity contribution < 1.29 is 5.11 Å². The zero-order chi connectivity index (χ0) is 10.5. The van der Waals surface area contributed by atoms with Gasteiger partial charge in [-0.05, 0) is 30.9 Å². The maximum atomic E-state index is 10.2. The first kappa shape index (κ1) is 10.7. The molecule has 0 amide bonds. The van der Waals surface area contributed by atoms with Gasteiger partial charge in [0.1, 0.15) is 0 Å². The number of H-pyrrole nitrogens is 1. The summed E-state index contributed by atoms with van der Waals surface area (Å²) in [5, 5.41) is 10.2. The van der Waals surface area contributed by atoms with Crippen LogP contribution in [0.2, 0.25) is 0 Å². The molecule has 0 aliphatic heterocycles. The van der Waals surface area contributed by atoms with Gasteiger partial charge >= 0.3 is 0 Å². The van der Waals surface area contributed by atoms with Crippen LogP contribution in [0, 0.1) is 5.92 Å². The van der Waals surface area contributed by atoms with E-state index in [-0.39, 0.29) is 6.10 Å². The zero-order valence-electron chi connectivity index (χ0n) is 9.28. The average molecular weight is 207 g/mol. The normalized spacial score (nSPS) is 21.9. The van der Waals surface area contributed by atoms with Crippen molar-refractivity contribution in [1.29, 1.82) is 0 Å². The van der Waals surface area contributed by atoms with Crippen molar-refractivity contribution >= 4 is 0 Å². The third-order valence-corrected chi connectivity index (χ3v) is 3.54. The highest BCUT2D eigenvalue weighted by Crippen LogP contribution is 2.31. The summed E-state index contributed by atoms with van der Waals surface area (Å²) in [6, 6.07) is 3.95. The highest BCUT2D eigenvalue weighted by molar-refractivity contribution is 5.08. The van der Waals surface area contributed by atoms with Gasteiger partial charge in [-0.2, -0.15) is 0 Å². The van der Waals surface area contributed by atoms with Crippen molar-refractivity contribution in [3.05, 3.63) is 24.0 Å². The lowest BCUT2D eigenvalue weighted by Crippen LogP contribution is -2.14. The average Bonchev–Trinajstić information content (AvgIpc) is 2.68. The largest absolute Gasteiger partial charge is 0.387 e. The topological polar surface area (TPSA) is 36.0 Å². The van der Waals surface area contributed by atoms with Gasteiger partial charge < -0.3 is 10.1 Å². The summed E-state index contributed by atoms with van der Waals surface area (Å²) in [5.74, 6) is 0.462. The predicted molar refractivity (Wildman–Crippen MR) is 61.6 cm³/mol. The fraction of sp³-hybridized carbons (Fsp3) is 0.692. The molecular formula is C13H21NO. The number of hydrogen-bond donors (Lipinski definition) is 2. The summed E-state index contributed by atoms with van der Waals surface area (Å²) in [7, 11) is 0. The Hall–Kier alpha value is -0.760. The van der Waals surface area contributed by atoms with E-state index >= 15 is 0 Å². The molecule has 1 aliphatic rings. The summed E-state index contributed by atoms with van der Waals surface area (Å²) in [4.78, 5) is 3.12. The molecule has 1 saturated carbocycles. The molecule has 1 atom stereocenters. The molecule has 1 aromatic rings. The minimum Gasteiger partial charge on any atom is -0.387 e. The number of aliphatic hydroxyl groups is 1. The van der Waals surface area contributed by atoms with E-state index in [1.165, 1.54) is 44.9 Å². The van der Waals surface area contributed by atoms with Crippen molar-refractivity contribution in [3.8, 4) is 0 Å². The first-order valence-corrected chi connectivity index (χ1v) is 6.19. The second-order valence-electron chi connectivity index (χ2n) is 4.68. The molecule has 1 aromatic heterocycles. The monoisotopic (exact) mass is 207 g/mol. The second-order valence-corrected chi connectivity index (χ2v) is 4.68. The Morgan fingerprint density at radius 2 is 1.80 bits per heavy atom. The van der Waals surface area contributed by atoms with Crippen LogP contribution in [0.25, 0.3) is 0 Å². The Balaban J connectivity index is 1.95. The van der Waals surface area contributed by atoms with Gasteiger partial charge in [-0.1, -0.05) is 32.1 Å². The lowest BCUT2D eigenvalue weighted by molar-refractivity contribution is 0.0879. The Labute approximate surface area is 91.7 Å². The van der Waals surface area contributed by atoms with Gasteiger partial charge in [0.2, 0.25) is 0 Å². The zero-order valence-corrected chi connectivity index (χ0v) is 9.28. The minimum absolute atomic E-state index is 0.280. The van der Waals surface area contributed by atoms with Gasteiger partial charge in [-0.3, -0.25) is 0 Å². The Morgan fingerprint density at radius 1 is 1.13 bits per heavy atom. The Kier molecular flexibility index (Phi) is 3.84. The molecule has 0 bridgehead atoms. The van der Waals surface area contributed by atoms with Crippen molar-refractivity contribution in [1.82, 2.24) is 4.98 Å². The van der Waals surface area contributed by atoms with Crippen LogP contribution in [0.1, 0.15) is 56.7 Å². The third kappa shape index (κ3) is 2.85. The smallest absolute Gasteiger partial charge is 0.0965 e.